The third-order valence-electron chi connectivity index (χ3n) is 5.65. The molecule has 2 N–H and O–H groups in total. The molecule has 0 spiro atoms. The van der Waals surface area contributed by atoms with Crippen LogP contribution in [-0.4, -0.2) is 39.2 Å². The summed E-state index contributed by atoms with van der Waals surface area (Å²) < 4.78 is 6.02. The van der Waals surface area contributed by atoms with Crippen LogP contribution < -0.4 is 10.1 Å². The molecule has 7 nitrogen and oxygen atoms in total. The van der Waals surface area contributed by atoms with E-state index < -0.39 is 0 Å². The lowest BCUT2D eigenvalue weighted by molar-refractivity contribution is 0.306. The van der Waals surface area contributed by atoms with Gasteiger partial charge in [-0.3, -0.25) is 5.10 Å². The minimum Gasteiger partial charge on any atom is -0.489 e. The van der Waals surface area contributed by atoms with E-state index in [-0.39, 0.29) is 0 Å². The van der Waals surface area contributed by atoms with Gasteiger partial charge in [0.05, 0.1) is 17.6 Å². The summed E-state index contributed by atoms with van der Waals surface area (Å²) in [5.41, 5.74) is 6.82. The van der Waals surface area contributed by atoms with Crippen molar-refractivity contribution in [3.8, 4) is 28.3 Å². The number of benzene rings is 3. The fourth-order valence-corrected chi connectivity index (χ4v) is 3.94. The molecule has 5 aromatic rings. The van der Waals surface area contributed by atoms with Crippen molar-refractivity contribution in [2.75, 3.05) is 19.4 Å². The first-order valence-electron chi connectivity index (χ1n) is 11.8. The molecule has 2 aromatic heterocycles. The van der Waals surface area contributed by atoms with E-state index in [0.717, 1.165) is 46.1 Å². The van der Waals surface area contributed by atoms with Gasteiger partial charge in [-0.1, -0.05) is 54.6 Å². The predicted molar refractivity (Wildman–Crippen MR) is 143 cm³/mol. The van der Waals surface area contributed by atoms with E-state index in [2.05, 4.69) is 63.8 Å². The normalized spacial score (nSPS) is 11.0. The third kappa shape index (κ3) is 5.76. The first-order chi connectivity index (χ1) is 17.6. The second-order valence-electron chi connectivity index (χ2n) is 8.79. The number of hydrogen-bond donors (Lipinski definition) is 2. The molecule has 2 heterocycles. The van der Waals surface area contributed by atoms with Gasteiger partial charge in [-0.25, -0.2) is 9.97 Å². The number of H-pyrrole nitrogens is 1. The Balaban J connectivity index is 1.33. The highest BCUT2D eigenvalue weighted by atomic mass is 16.5. The van der Waals surface area contributed by atoms with Gasteiger partial charge in [0.2, 0.25) is 5.95 Å². The van der Waals surface area contributed by atoms with Crippen molar-refractivity contribution in [3.63, 3.8) is 0 Å². The highest BCUT2D eigenvalue weighted by molar-refractivity contribution is 5.79. The Hall–Kier alpha value is -4.49. The van der Waals surface area contributed by atoms with Crippen LogP contribution in [0.3, 0.4) is 0 Å². The number of nitrogens with one attached hydrogen (secondary N) is 2. The van der Waals surface area contributed by atoms with Gasteiger partial charge in [-0.2, -0.15) is 5.10 Å². The number of aromatic nitrogens is 4. The lowest BCUT2D eigenvalue weighted by Crippen LogP contribution is -2.10. The van der Waals surface area contributed by atoms with Crippen LogP contribution in [0.5, 0.6) is 5.75 Å². The fraction of sp³-hybridized carbons (Fsp3) is 0.138. The van der Waals surface area contributed by atoms with Crippen molar-refractivity contribution in [3.05, 3.63) is 108 Å². The summed E-state index contributed by atoms with van der Waals surface area (Å²) in [6.45, 7) is 1.41. The number of hydrogen-bond acceptors (Lipinski definition) is 6. The number of ether oxygens (including phenoxy) is 1. The summed E-state index contributed by atoms with van der Waals surface area (Å²) in [6, 6.07) is 28.3. The van der Waals surface area contributed by atoms with Gasteiger partial charge < -0.3 is 15.0 Å². The van der Waals surface area contributed by atoms with Gasteiger partial charge in [0.1, 0.15) is 12.4 Å². The Morgan fingerprint density at radius 3 is 2.53 bits per heavy atom. The summed E-state index contributed by atoms with van der Waals surface area (Å²) in [7, 11) is 4.12. The largest absolute Gasteiger partial charge is 0.489 e. The number of rotatable bonds is 9. The standard InChI is InChI=1S/C29H28N6O/c1-35(2)19-21-11-13-24(14-12-21)32-29-30-16-15-27(33-29)26-18-31-34-28(26)23-9-6-10-25(17-23)36-20-22-7-4-3-5-8-22/h3-18H,19-20H2,1-2H3,(H,31,34)(H,30,32,33). The smallest absolute Gasteiger partial charge is 0.227 e. The van der Waals surface area contributed by atoms with Crippen LogP contribution in [0.1, 0.15) is 11.1 Å². The average Bonchev–Trinajstić information content (AvgIpc) is 3.40. The zero-order chi connectivity index (χ0) is 24.7. The van der Waals surface area contributed by atoms with Gasteiger partial charge in [0.15, 0.2) is 0 Å². The van der Waals surface area contributed by atoms with Crippen molar-refractivity contribution in [2.24, 2.45) is 0 Å². The van der Waals surface area contributed by atoms with Crippen LogP contribution >= 0.6 is 0 Å². The summed E-state index contributed by atoms with van der Waals surface area (Å²) in [5, 5.41) is 10.7. The Bertz CT molecular complexity index is 1410. The van der Waals surface area contributed by atoms with E-state index in [1.807, 2.05) is 60.7 Å². The van der Waals surface area contributed by atoms with E-state index in [4.69, 9.17) is 9.72 Å². The van der Waals surface area contributed by atoms with Crippen molar-refractivity contribution in [1.82, 2.24) is 25.1 Å². The maximum atomic E-state index is 6.02. The Morgan fingerprint density at radius 2 is 1.72 bits per heavy atom. The quantitative estimate of drug-likeness (QED) is 0.275. The molecule has 0 aliphatic rings. The maximum absolute atomic E-state index is 6.02. The summed E-state index contributed by atoms with van der Waals surface area (Å²) in [4.78, 5) is 11.3. The van der Waals surface area contributed by atoms with Crippen LogP contribution in [-0.2, 0) is 13.2 Å². The van der Waals surface area contributed by atoms with Crippen molar-refractivity contribution in [1.29, 1.82) is 0 Å². The first-order valence-corrected chi connectivity index (χ1v) is 11.8. The SMILES string of the molecule is CN(C)Cc1ccc(Nc2nccc(-c3cn[nH]c3-c3cccc(OCc4ccccc4)c3)n2)cc1. The summed E-state index contributed by atoms with van der Waals surface area (Å²) in [5.74, 6) is 1.32. The molecular weight excluding hydrogens is 448 g/mol. The number of anilines is 2. The predicted octanol–water partition coefficient (Wildman–Crippen LogP) is 5.92. The van der Waals surface area contributed by atoms with Crippen LogP contribution in [0.15, 0.2) is 97.3 Å². The molecule has 36 heavy (non-hydrogen) atoms. The lowest BCUT2D eigenvalue weighted by atomic mass is 10.1. The second-order valence-corrected chi connectivity index (χ2v) is 8.79. The molecule has 0 aliphatic carbocycles. The molecule has 0 unspecified atom stereocenters. The van der Waals surface area contributed by atoms with Gasteiger partial charge in [0.25, 0.3) is 0 Å². The molecule has 0 saturated heterocycles. The summed E-state index contributed by atoms with van der Waals surface area (Å²) >= 11 is 0. The Labute approximate surface area is 210 Å². The highest BCUT2D eigenvalue weighted by Crippen LogP contribution is 2.31. The van der Waals surface area contributed by atoms with Gasteiger partial charge in [-0.15, -0.1) is 0 Å². The van der Waals surface area contributed by atoms with Crippen LogP contribution in [0.4, 0.5) is 11.6 Å². The van der Waals surface area contributed by atoms with Crippen LogP contribution in [0.25, 0.3) is 22.5 Å². The third-order valence-corrected chi connectivity index (χ3v) is 5.65. The van der Waals surface area contributed by atoms with Crippen LogP contribution in [0.2, 0.25) is 0 Å². The van der Waals surface area contributed by atoms with Gasteiger partial charge in [0, 0.05) is 29.6 Å². The molecule has 0 fully saturated rings. The second kappa shape index (κ2) is 10.8. The maximum Gasteiger partial charge on any atom is 0.227 e. The fourth-order valence-electron chi connectivity index (χ4n) is 3.94. The number of nitrogens with zero attached hydrogens (tertiary/aromatic N) is 4. The van der Waals surface area contributed by atoms with E-state index in [1.54, 1.807) is 12.4 Å². The monoisotopic (exact) mass is 476 g/mol. The molecule has 0 radical (unpaired) electrons. The van der Waals surface area contributed by atoms with E-state index >= 15 is 0 Å². The molecule has 7 heteroatoms. The molecule has 180 valence electrons. The molecule has 0 atom stereocenters. The van der Waals surface area contributed by atoms with Crippen LogP contribution in [0, 0.1) is 0 Å². The zero-order valence-electron chi connectivity index (χ0n) is 20.3. The van der Waals surface area contributed by atoms with Crippen molar-refractivity contribution < 1.29 is 4.74 Å². The van der Waals surface area contributed by atoms with Crippen molar-refractivity contribution in [2.45, 2.75) is 13.2 Å². The van der Waals surface area contributed by atoms with E-state index in [9.17, 15) is 0 Å². The number of aromatic amines is 1. The molecule has 0 bridgehead atoms. The molecule has 3 aromatic carbocycles. The molecule has 0 saturated carbocycles. The molecular formula is C29H28N6O. The summed E-state index contributed by atoms with van der Waals surface area (Å²) in [6.07, 6.45) is 3.54. The van der Waals surface area contributed by atoms with Crippen molar-refractivity contribution >= 4 is 11.6 Å². The highest BCUT2D eigenvalue weighted by Gasteiger charge is 2.13. The molecule has 0 amide bonds. The lowest BCUT2D eigenvalue weighted by Gasteiger charge is -2.11. The average molecular weight is 477 g/mol. The topological polar surface area (TPSA) is 79.0 Å². The van der Waals surface area contributed by atoms with E-state index in [0.29, 0.717) is 12.6 Å². The zero-order valence-corrected chi connectivity index (χ0v) is 20.3. The minimum absolute atomic E-state index is 0.511. The Kier molecular flexibility index (Phi) is 7.00. The van der Waals surface area contributed by atoms with Gasteiger partial charge in [-0.05, 0) is 55.6 Å². The minimum atomic E-state index is 0.511. The molecule has 0 aliphatic heterocycles. The first kappa shape index (κ1) is 23.3. The molecule has 5 rings (SSSR count). The van der Waals surface area contributed by atoms with Gasteiger partial charge >= 0.3 is 0 Å². The Morgan fingerprint density at radius 1 is 0.889 bits per heavy atom. The van der Waals surface area contributed by atoms with E-state index in [1.165, 1.54) is 5.56 Å².